The second-order valence-corrected chi connectivity index (χ2v) is 6.85. The van der Waals surface area contributed by atoms with Crippen molar-refractivity contribution in [2.75, 3.05) is 39.2 Å². The second-order valence-electron chi connectivity index (χ2n) is 4.76. The Morgan fingerprint density at radius 3 is 2.71 bits per heavy atom. The molecule has 0 radical (unpaired) electrons. The summed E-state index contributed by atoms with van der Waals surface area (Å²) in [5.74, 6) is 1.32. The molecule has 0 N–H and O–H groups in total. The van der Waals surface area contributed by atoms with Crippen LogP contribution < -0.4 is 9.47 Å². The summed E-state index contributed by atoms with van der Waals surface area (Å²) in [5, 5.41) is 0. The summed E-state index contributed by atoms with van der Waals surface area (Å²) in [6.07, 6.45) is -0.308. The number of sulfonamides is 1. The maximum absolute atomic E-state index is 12.2. The van der Waals surface area contributed by atoms with E-state index >= 15 is 0 Å². The molecule has 1 atom stereocenters. The highest BCUT2D eigenvalue weighted by Gasteiger charge is 2.28. The molecule has 1 aromatic rings. The van der Waals surface area contributed by atoms with Crippen LogP contribution in [0.1, 0.15) is 6.92 Å². The summed E-state index contributed by atoms with van der Waals surface area (Å²) in [5.41, 5.74) is 0. The third-order valence-electron chi connectivity index (χ3n) is 3.27. The minimum atomic E-state index is -3.34. The van der Waals surface area contributed by atoms with Gasteiger partial charge in [0.2, 0.25) is 10.0 Å². The van der Waals surface area contributed by atoms with Crippen molar-refractivity contribution < 1.29 is 22.6 Å². The maximum atomic E-state index is 12.2. The van der Waals surface area contributed by atoms with Crippen LogP contribution in [-0.4, -0.2) is 58.0 Å². The lowest BCUT2D eigenvalue weighted by Gasteiger charge is -2.30. The van der Waals surface area contributed by atoms with Gasteiger partial charge in [-0.05, 0) is 12.1 Å². The van der Waals surface area contributed by atoms with Gasteiger partial charge in [-0.1, -0.05) is 19.1 Å². The first-order chi connectivity index (χ1) is 10.1. The van der Waals surface area contributed by atoms with Crippen molar-refractivity contribution in [3.8, 4) is 11.5 Å². The van der Waals surface area contributed by atoms with E-state index in [0.29, 0.717) is 24.7 Å². The van der Waals surface area contributed by atoms with Gasteiger partial charge in [-0.15, -0.1) is 0 Å². The zero-order chi connectivity index (χ0) is 15.3. The monoisotopic (exact) mass is 315 g/mol. The highest BCUT2D eigenvalue weighted by molar-refractivity contribution is 7.89. The SMILES string of the molecule is CCN(C[C@H]1COc2ccccc2O1)S(=O)(=O)CCOC. The minimum Gasteiger partial charge on any atom is -0.486 e. The molecule has 0 fully saturated rings. The molecular weight excluding hydrogens is 294 g/mol. The molecule has 0 saturated heterocycles. The van der Waals surface area contributed by atoms with Gasteiger partial charge < -0.3 is 14.2 Å². The number of likely N-dealkylation sites (N-methyl/N-ethyl adjacent to an activating group) is 1. The third-order valence-corrected chi connectivity index (χ3v) is 5.14. The fourth-order valence-corrected chi connectivity index (χ4v) is 3.56. The average Bonchev–Trinajstić information content (AvgIpc) is 2.50. The lowest BCUT2D eigenvalue weighted by molar-refractivity contribution is 0.0770. The van der Waals surface area contributed by atoms with E-state index in [9.17, 15) is 8.42 Å². The third kappa shape index (κ3) is 4.09. The van der Waals surface area contributed by atoms with Gasteiger partial charge in [0.1, 0.15) is 12.7 Å². The van der Waals surface area contributed by atoms with E-state index in [1.54, 1.807) is 0 Å². The first-order valence-electron chi connectivity index (χ1n) is 6.92. The van der Waals surface area contributed by atoms with Crippen molar-refractivity contribution in [2.24, 2.45) is 0 Å². The maximum Gasteiger partial charge on any atom is 0.216 e. The van der Waals surface area contributed by atoms with Crippen LogP contribution in [0.3, 0.4) is 0 Å². The van der Waals surface area contributed by atoms with Crippen molar-refractivity contribution in [2.45, 2.75) is 13.0 Å². The van der Waals surface area contributed by atoms with E-state index in [2.05, 4.69) is 0 Å². The highest BCUT2D eigenvalue weighted by atomic mass is 32.2. The molecule has 1 aliphatic heterocycles. The van der Waals surface area contributed by atoms with Gasteiger partial charge in [0.05, 0.1) is 18.9 Å². The zero-order valence-corrected chi connectivity index (χ0v) is 13.1. The summed E-state index contributed by atoms with van der Waals surface area (Å²) < 4.78 is 42.0. The van der Waals surface area contributed by atoms with E-state index in [0.717, 1.165) is 0 Å². The van der Waals surface area contributed by atoms with Crippen LogP contribution in [0.25, 0.3) is 0 Å². The summed E-state index contributed by atoms with van der Waals surface area (Å²) in [7, 11) is -1.85. The predicted octanol–water partition coefficient (Wildman–Crippen LogP) is 1.12. The Kier molecular flexibility index (Phi) is 5.44. The number of fused-ring (bicyclic) bond motifs is 1. The predicted molar refractivity (Wildman–Crippen MR) is 79.3 cm³/mol. The van der Waals surface area contributed by atoms with Gasteiger partial charge in [-0.2, -0.15) is 4.31 Å². The van der Waals surface area contributed by atoms with E-state index in [-0.39, 0.29) is 25.0 Å². The molecule has 0 bridgehead atoms. The molecule has 21 heavy (non-hydrogen) atoms. The van der Waals surface area contributed by atoms with Gasteiger partial charge in [0.25, 0.3) is 0 Å². The quantitative estimate of drug-likeness (QED) is 0.754. The summed E-state index contributed by atoms with van der Waals surface area (Å²) in [4.78, 5) is 0. The number of hydrogen-bond acceptors (Lipinski definition) is 5. The molecule has 1 heterocycles. The van der Waals surface area contributed by atoms with Crippen LogP contribution >= 0.6 is 0 Å². The number of methoxy groups -OCH3 is 1. The lowest BCUT2D eigenvalue weighted by Crippen LogP contribution is -2.44. The van der Waals surface area contributed by atoms with Crippen LogP contribution in [0.5, 0.6) is 11.5 Å². The zero-order valence-electron chi connectivity index (χ0n) is 12.3. The Bertz CT molecular complexity index is 560. The van der Waals surface area contributed by atoms with Gasteiger partial charge in [0, 0.05) is 13.7 Å². The Morgan fingerprint density at radius 2 is 2.05 bits per heavy atom. The molecule has 1 aromatic carbocycles. The highest BCUT2D eigenvalue weighted by Crippen LogP contribution is 2.31. The van der Waals surface area contributed by atoms with Crippen molar-refractivity contribution in [3.63, 3.8) is 0 Å². The fourth-order valence-electron chi connectivity index (χ4n) is 2.14. The molecule has 2 rings (SSSR count). The second kappa shape index (κ2) is 7.11. The molecule has 0 amide bonds. The van der Waals surface area contributed by atoms with E-state index in [1.807, 2.05) is 31.2 Å². The fraction of sp³-hybridized carbons (Fsp3) is 0.571. The van der Waals surface area contributed by atoms with Crippen molar-refractivity contribution in [3.05, 3.63) is 24.3 Å². The molecular formula is C14H21NO5S. The number of rotatable bonds is 7. The average molecular weight is 315 g/mol. The van der Waals surface area contributed by atoms with Crippen LogP contribution in [0.15, 0.2) is 24.3 Å². The molecule has 1 aliphatic rings. The molecule has 0 spiro atoms. The van der Waals surface area contributed by atoms with E-state index in [1.165, 1.54) is 11.4 Å². The largest absolute Gasteiger partial charge is 0.486 e. The topological polar surface area (TPSA) is 65.1 Å². The van der Waals surface area contributed by atoms with Gasteiger partial charge >= 0.3 is 0 Å². The number of ether oxygens (including phenoxy) is 3. The van der Waals surface area contributed by atoms with E-state index < -0.39 is 10.0 Å². The summed E-state index contributed by atoms with van der Waals surface area (Å²) in [6, 6.07) is 7.38. The Labute approximate surface area is 125 Å². The molecule has 7 heteroatoms. The van der Waals surface area contributed by atoms with Gasteiger partial charge in [-0.25, -0.2) is 8.42 Å². The van der Waals surface area contributed by atoms with Crippen molar-refractivity contribution in [1.82, 2.24) is 4.31 Å². The number of para-hydroxylation sites is 2. The Morgan fingerprint density at radius 1 is 1.33 bits per heavy atom. The van der Waals surface area contributed by atoms with Crippen LogP contribution in [0.2, 0.25) is 0 Å². The first-order valence-corrected chi connectivity index (χ1v) is 8.53. The van der Waals surface area contributed by atoms with E-state index in [4.69, 9.17) is 14.2 Å². The number of hydrogen-bond donors (Lipinski definition) is 0. The van der Waals surface area contributed by atoms with Crippen molar-refractivity contribution >= 4 is 10.0 Å². The molecule has 0 saturated carbocycles. The minimum absolute atomic E-state index is 0.0263. The number of benzene rings is 1. The van der Waals surface area contributed by atoms with Crippen LogP contribution in [0.4, 0.5) is 0 Å². The Hall–Kier alpha value is -1.31. The standard InChI is InChI=1S/C14H21NO5S/c1-3-15(21(16,17)9-8-18-2)10-12-11-19-13-6-4-5-7-14(13)20-12/h4-7,12H,3,8-11H2,1-2H3/t12-/m0/s1. The lowest BCUT2D eigenvalue weighted by atomic mass is 10.2. The van der Waals surface area contributed by atoms with Gasteiger partial charge in [-0.3, -0.25) is 0 Å². The molecule has 118 valence electrons. The molecule has 0 aliphatic carbocycles. The smallest absolute Gasteiger partial charge is 0.216 e. The number of nitrogens with zero attached hydrogens (tertiary/aromatic N) is 1. The summed E-state index contributed by atoms with van der Waals surface area (Å²) >= 11 is 0. The Balaban J connectivity index is 2.00. The van der Waals surface area contributed by atoms with Crippen LogP contribution in [-0.2, 0) is 14.8 Å². The first kappa shape index (κ1) is 16.1. The molecule has 0 aromatic heterocycles. The van der Waals surface area contributed by atoms with Crippen molar-refractivity contribution in [1.29, 1.82) is 0 Å². The van der Waals surface area contributed by atoms with Crippen LogP contribution in [0, 0.1) is 0 Å². The van der Waals surface area contributed by atoms with Gasteiger partial charge in [0.15, 0.2) is 11.5 Å². The normalized spacial score (nSPS) is 18.0. The summed E-state index contributed by atoms with van der Waals surface area (Å²) in [6.45, 7) is 3.00. The molecule has 6 nitrogen and oxygen atoms in total. The molecule has 0 unspecified atom stereocenters.